The first-order valence-electron chi connectivity index (χ1n) is 7.83. The summed E-state index contributed by atoms with van der Waals surface area (Å²) in [5, 5.41) is 0. The van der Waals surface area contributed by atoms with Gasteiger partial charge in [0.2, 0.25) is 0 Å². The maximum Gasteiger partial charge on any atom is 0.134 e. The lowest BCUT2D eigenvalue weighted by atomic mass is 9.93. The standard InChI is InChI=1S/C15H26N2O/c18-15-6-4-5-13(11-15)17-10-7-14(12-17)16-8-2-1-3-9-16/h13-14H,1-12H2. The number of carbonyl (C=O) groups is 1. The zero-order chi connectivity index (χ0) is 12.4. The SMILES string of the molecule is O=C1CCCC(N2CCC(N3CCCCC3)C2)C1. The Morgan fingerprint density at radius 2 is 1.67 bits per heavy atom. The molecule has 1 saturated carbocycles. The van der Waals surface area contributed by atoms with E-state index in [2.05, 4.69) is 9.80 Å². The van der Waals surface area contributed by atoms with Gasteiger partial charge in [0.1, 0.15) is 5.78 Å². The minimum absolute atomic E-state index is 0.493. The molecule has 0 amide bonds. The Morgan fingerprint density at radius 3 is 2.44 bits per heavy atom. The summed E-state index contributed by atoms with van der Waals surface area (Å²) in [6.45, 7) is 5.06. The topological polar surface area (TPSA) is 23.6 Å². The molecule has 2 aliphatic heterocycles. The monoisotopic (exact) mass is 250 g/mol. The van der Waals surface area contributed by atoms with E-state index in [9.17, 15) is 4.79 Å². The molecule has 3 nitrogen and oxygen atoms in total. The van der Waals surface area contributed by atoms with Gasteiger partial charge in [0.25, 0.3) is 0 Å². The van der Waals surface area contributed by atoms with E-state index in [-0.39, 0.29) is 0 Å². The number of likely N-dealkylation sites (tertiary alicyclic amines) is 2. The van der Waals surface area contributed by atoms with E-state index >= 15 is 0 Å². The van der Waals surface area contributed by atoms with Crippen LogP contribution in [0.15, 0.2) is 0 Å². The second-order valence-corrected chi connectivity index (χ2v) is 6.32. The molecule has 3 rings (SSSR count). The quantitative estimate of drug-likeness (QED) is 0.749. The van der Waals surface area contributed by atoms with Crippen LogP contribution in [-0.2, 0) is 4.79 Å². The third kappa shape index (κ3) is 2.77. The molecule has 0 radical (unpaired) electrons. The van der Waals surface area contributed by atoms with Crippen LogP contribution in [0.1, 0.15) is 51.4 Å². The van der Waals surface area contributed by atoms with Gasteiger partial charge in [-0.15, -0.1) is 0 Å². The van der Waals surface area contributed by atoms with Gasteiger partial charge in [-0.1, -0.05) is 6.42 Å². The summed E-state index contributed by atoms with van der Waals surface area (Å²) in [6.07, 6.45) is 9.55. The lowest BCUT2D eigenvalue weighted by Gasteiger charge is -2.34. The fourth-order valence-electron chi connectivity index (χ4n) is 3.99. The molecule has 0 aromatic heterocycles. The van der Waals surface area contributed by atoms with E-state index in [1.54, 1.807) is 0 Å². The number of hydrogen-bond acceptors (Lipinski definition) is 3. The Kier molecular flexibility index (Phi) is 4.00. The highest BCUT2D eigenvalue weighted by atomic mass is 16.1. The van der Waals surface area contributed by atoms with Crippen molar-refractivity contribution in [2.24, 2.45) is 0 Å². The van der Waals surface area contributed by atoms with E-state index in [1.165, 1.54) is 58.3 Å². The van der Waals surface area contributed by atoms with Gasteiger partial charge in [0.05, 0.1) is 0 Å². The van der Waals surface area contributed by atoms with Crippen molar-refractivity contribution < 1.29 is 4.79 Å². The summed E-state index contributed by atoms with van der Waals surface area (Å²) in [5.41, 5.74) is 0. The first-order chi connectivity index (χ1) is 8.83. The van der Waals surface area contributed by atoms with Crippen LogP contribution in [-0.4, -0.2) is 53.8 Å². The van der Waals surface area contributed by atoms with Crippen LogP contribution in [0.2, 0.25) is 0 Å². The van der Waals surface area contributed by atoms with Crippen molar-refractivity contribution in [3.63, 3.8) is 0 Å². The predicted molar refractivity (Wildman–Crippen MR) is 72.7 cm³/mol. The van der Waals surface area contributed by atoms with Crippen LogP contribution < -0.4 is 0 Å². The van der Waals surface area contributed by atoms with E-state index < -0.39 is 0 Å². The van der Waals surface area contributed by atoms with E-state index in [0.29, 0.717) is 11.8 Å². The summed E-state index contributed by atoms with van der Waals surface area (Å²) in [5.74, 6) is 0.493. The van der Waals surface area contributed by atoms with Crippen molar-refractivity contribution in [1.82, 2.24) is 9.80 Å². The second-order valence-electron chi connectivity index (χ2n) is 6.32. The van der Waals surface area contributed by atoms with Crippen LogP contribution in [0, 0.1) is 0 Å². The molecular formula is C15H26N2O. The number of carbonyl (C=O) groups excluding carboxylic acids is 1. The van der Waals surface area contributed by atoms with Gasteiger partial charge in [0.15, 0.2) is 0 Å². The van der Waals surface area contributed by atoms with Crippen LogP contribution >= 0.6 is 0 Å². The number of piperidine rings is 1. The third-order valence-electron chi connectivity index (χ3n) is 5.07. The van der Waals surface area contributed by atoms with Gasteiger partial charge in [-0.25, -0.2) is 0 Å². The fraction of sp³-hybridized carbons (Fsp3) is 0.933. The molecule has 102 valence electrons. The zero-order valence-electron chi connectivity index (χ0n) is 11.4. The average Bonchev–Trinajstić information content (AvgIpc) is 2.89. The Bertz CT molecular complexity index is 299. The molecule has 2 unspecified atom stereocenters. The molecule has 2 heterocycles. The molecule has 1 aliphatic carbocycles. The largest absolute Gasteiger partial charge is 0.300 e. The number of nitrogens with zero attached hydrogens (tertiary/aromatic N) is 2. The van der Waals surface area contributed by atoms with Crippen LogP contribution in [0.4, 0.5) is 0 Å². The smallest absolute Gasteiger partial charge is 0.134 e. The van der Waals surface area contributed by atoms with Crippen molar-refractivity contribution in [3.05, 3.63) is 0 Å². The van der Waals surface area contributed by atoms with Crippen molar-refractivity contribution in [2.45, 2.75) is 63.5 Å². The maximum atomic E-state index is 11.6. The highest BCUT2D eigenvalue weighted by Crippen LogP contribution is 2.27. The summed E-state index contributed by atoms with van der Waals surface area (Å²) < 4.78 is 0. The fourth-order valence-corrected chi connectivity index (χ4v) is 3.99. The molecule has 0 spiro atoms. The molecular weight excluding hydrogens is 224 g/mol. The normalized spacial score (nSPS) is 36.1. The number of ketones is 1. The second kappa shape index (κ2) is 5.70. The van der Waals surface area contributed by atoms with Crippen LogP contribution in [0.3, 0.4) is 0 Å². The first kappa shape index (κ1) is 12.6. The van der Waals surface area contributed by atoms with Gasteiger partial charge in [-0.3, -0.25) is 14.6 Å². The average molecular weight is 250 g/mol. The molecule has 3 fully saturated rings. The lowest BCUT2D eigenvalue weighted by molar-refractivity contribution is -0.121. The summed E-state index contributed by atoms with van der Waals surface area (Å²) in [7, 11) is 0. The molecule has 2 atom stereocenters. The maximum absolute atomic E-state index is 11.6. The van der Waals surface area contributed by atoms with Crippen molar-refractivity contribution in [1.29, 1.82) is 0 Å². The molecule has 0 N–H and O–H groups in total. The predicted octanol–water partition coefficient (Wildman–Crippen LogP) is 2.06. The highest BCUT2D eigenvalue weighted by Gasteiger charge is 2.33. The Morgan fingerprint density at radius 1 is 0.833 bits per heavy atom. The van der Waals surface area contributed by atoms with Gasteiger partial charge in [-0.05, 0) is 45.2 Å². The number of hydrogen-bond donors (Lipinski definition) is 0. The van der Waals surface area contributed by atoms with E-state index in [0.717, 1.165) is 25.3 Å². The Hall–Kier alpha value is -0.410. The van der Waals surface area contributed by atoms with Crippen LogP contribution in [0.25, 0.3) is 0 Å². The van der Waals surface area contributed by atoms with E-state index in [1.807, 2.05) is 0 Å². The zero-order valence-corrected chi connectivity index (χ0v) is 11.4. The van der Waals surface area contributed by atoms with Gasteiger partial charge < -0.3 is 0 Å². The lowest BCUT2D eigenvalue weighted by Crippen LogP contribution is -2.43. The summed E-state index contributed by atoms with van der Waals surface area (Å²) in [6, 6.07) is 1.35. The molecule has 0 aromatic carbocycles. The minimum Gasteiger partial charge on any atom is -0.300 e. The molecule has 3 aliphatic rings. The van der Waals surface area contributed by atoms with Crippen LogP contribution in [0.5, 0.6) is 0 Å². The number of Topliss-reactive ketones (excluding diaryl/α,β-unsaturated/α-hetero) is 1. The number of rotatable bonds is 2. The van der Waals surface area contributed by atoms with Gasteiger partial charge in [0, 0.05) is 38.0 Å². The Labute approximate surface area is 111 Å². The highest BCUT2D eigenvalue weighted by molar-refractivity contribution is 5.79. The van der Waals surface area contributed by atoms with Crippen molar-refractivity contribution in [3.8, 4) is 0 Å². The molecule has 3 heteroatoms. The summed E-state index contributed by atoms with van der Waals surface area (Å²) in [4.78, 5) is 16.9. The molecule has 0 bridgehead atoms. The Balaban J connectivity index is 1.52. The minimum atomic E-state index is 0.493. The van der Waals surface area contributed by atoms with Crippen molar-refractivity contribution in [2.75, 3.05) is 26.2 Å². The third-order valence-corrected chi connectivity index (χ3v) is 5.07. The molecule has 2 saturated heterocycles. The molecule has 0 aromatic rings. The first-order valence-corrected chi connectivity index (χ1v) is 7.83. The van der Waals surface area contributed by atoms with Gasteiger partial charge >= 0.3 is 0 Å². The van der Waals surface area contributed by atoms with Crippen molar-refractivity contribution >= 4 is 5.78 Å². The van der Waals surface area contributed by atoms with Gasteiger partial charge in [-0.2, -0.15) is 0 Å². The summed E-state index contributed by atoms with van der Waals surface area (Å²) >= 11 is 0. The molecule has 18 heavy (non-hydrogen) atoms. The van der Waals surface area contributed by atoms with E-state index in [4.69, 9.17) is 0 Å².